The number of carbonyl (C=O) groups excluding carboxylic acids is 2. The van der Waals surface area contributed by atoms with Crippen molar-refractivity contribution < 1.29 is 19.2 Å². The fraction of sp³-hybridized carbons (Fsp3) is 0.188. The second-order valence-electron chi connectivity index (χ2n) is 4.90. The molecule has 25 heavy (non-hydrogen) atoms. The lowest BCUT2D eigenvalue weighted by Gasteiger charge is -2.14. The maximum Gasteiger partial charge on any atom is 0.341 e. The van der Waals surface area contributed by atoms with Crippen LogP contribution in [0.1, 0.15) is 17.3 Å². The Morgan fingerprint density at radius 2 is 1.96 bits per heavy atom. The highest BCUT2D eigenvalue weighted by atomic mass is 32.2. The average Bonchev–Trinajstić information content (AvgIpc) is 2.61. The molecule has 0 aliphatic heterocycles. The van der Waals surface area contributed by atoms with Gasteiger partial charge in [0.15, 0.2) is 6.10 Å². The molecule has 0 saturated carbocycles. The van der Waals surface area contributed by atoms with Crippen molar-refractivity contribution in [3.63, 3.8) is 0 Å². The number of ether oxygens (including phenoxy) is 1. The third-order valence-corrected chi connectivity index (χ3v) is 3.90. The molecule has 0 fully saturated rings. The molecule has 0 saturated heterocycles. The number of amides is 1. The number of hydrogen-bond donors (Lipinski definition) is 1. The van der Waals surface area contributed by atoms with Gasteiger partial charge in [-0.3, -0.25) is 14.9 Å². The minimum atomic E-state index is -1.04. The van der Waals surface area contributed by atoms with E-state index in [-0.39, 0.29) is 11.3 Å². The summed E-state index contributed by atoms with van der Waals surface area (Å²) in [6, 6.07) is 8.52. The molecule has 0 bridgehead atoms. The largest absolute Gasteiger partial charge is 0.449 e. The van der Waals surface area contributed by atoms with Crippen LogP contribution in [0.3, 0.4) is 0 Å². The maximum absolute atomic E-state index is 12.2. The summed E-state index contributed by atoms with van der Waals surface area (Å²) in [5, 5.41) is 13.6. The Hall–Kier alpha value is -2.94. The Bertz CT molecular complexity index is 795. The number of nitrogens with one attached hydrogen (secondary N) is 1. The van der Waals surface area contributed by atoms with Crippen LogP contribution in [0.15, 0.2) is 47.6 Å². The van der Waals surface area contributed by atoms with E-state index in [1.165, 1.54) is 43.0 Å². The number of rotatable bonds is 6. The highest BCUT2D eigenvalue weighted by Crippen LogP contribution is 2.19. The molecular weight excluding hydrogens is 346 g/mol. The number of hydrogen-bond acceptors (Lipinski definition) is 7. The van der Waals surface area contributed by atoms with Crippen molar-refractivity contribution in [3.05, 3.63) is 58.3 Å². The molecule has 0 aliphatic rings. The fourth-order valence-electron chi connectivity index (χ4n) is 1.90. The highest BCUT2D eigenvalue weighted by molar-refractivity contribution is 7.98. The predicted octanol–water partition coefficient (Wildman–Crippen LogP) is 2.90. The monoisotopic (exact) mass is 361 g/mol. The Morgan fingerprint density at radius 3 is 2.56 bits per heavy atom. The molecule has 8 nitrogen and oxygen atoms in total. The van der Waals surface area contributed by atoms with Gasteiger partial charge in [-0.1, -0.05) is 0 Å². The number of carbonyl (C=O) groups is 2. The van der Waals surface area contributed by atoms with Crippen LogP contribution in [0.2, 0.25) is 0 Å². The average molecular weight is 361 g/mol. The zero-order chi connectivity index (χ0) is 18.4. The minimum Gasteiger partial charge on any atom is -0.449 e. The molecule has 1 N–H and O–H groups in total. The first-order chi connectivity index (χ1) is 11.9. The number of thioether (sulfide) groups is 1. The number of aromatic nitrogens is 1. The Kier molecular flexibility index (Phi) is 6.07. The molecule has 2 aromatic rings. The summed E-state index contributed by atoms with van der Waals surface area (Å²) < 4.78 is 5.16. The van der Waals surface area contributed by atoms with Gasteiger partial charge in [0.25, 0.3) is 11.6 Å². The molecule has 0 unspecified atom stereocenters. The molecule has 2 rings (SSSR count). The molecule has 0 spiro atoms. The van der Waals surface area contributed by atoms with Gasteiger partial charge in [0.2, 0.25) is 0 Å². The van der Waals surface area contributed by atoms with Crippen molar-refractivity contribution in [2.75, 3.05) is 11.6 Å². The molecular formula is C16H15N3O5S. The molecule has 9 heteroatoms. The minimum absolute atomic E-state index is 0.0846. The van der Waals surface area contributed by atoms with E-state index < -0.39 is 22.9 Å². The van der Waals surface area contributed by atoms with E-state index in [1.54, 1.807) is 24.6 Å². The first-order valence-corrected chi connectivity index (χ1v) is 8.40. The van der Waals surface area contributed by atoms with Crippen LogP contribution in [-0.2, 0) is 9.53 Å². The van der Waals surface area contributed by atoms with Gasteiger partial charge in [0.1, 0.15) is 5.03 Å². The number of benzene rings is 1. The van der Waals surface area contributed by atoms with Gasteiger partial charge in [-0.25, -0.2) is 9.78 Å². The molecule has 1 amide bonds. The van der Waals surface area contributed by atoms with Crippen molar-refractivity contribution in [2.45, 2.75) is 18.1 Å². The maximum atomic E-state index is 12.2. The lowest BCUT2D eigenvalue weighted by atomic mass is 10.2. The Balaban J connectivity index is 2.00. The number of esters is 1. The third-order valence-electron chi connectivity index (χ3n) is 3.18. The van der Waals surface area contributed by atoms with Gasteiger partial charge in [-0.05, 0) is 37.4 Å². The second-order valence-corrected chi connectivity index (χ2v) is 5.70. The highest BCUT2D eigenvalue weighted by Gasteiger charge is 2.21. The van der Waals surface area contributed by atoms with Crippen LogP contribution < -0.4 is 5.32 Å². The van der Waals surface area contributed by atoms with Crippen LogP contribution in [0.25, 0.3) is 0 Å². The first kappa shape index (κ1) is 18.4. The summed E-state index contributed by atoms with van der Waals surface area (Å²) in [6.45, 7) is 1.44. The van der Waals surface area contributed by atoms with E-state index in [0.29, 0.717) is 10.7 Å². The van der Waals surface area contributed by atoms with Crippen molar-refractivity contribution in [3.8, 4) is 0 Å². The quantitative estimate of drug-likeness (QED) is 0.364. The molecule has 1 atom stereocenters. The smallest absolute Gasteiger partial charge is 0.341 e. The predicted molar refractivity (Wildman–Crippen MR) is 92.6 cm³/mol. The van der Waals surface area contributed by atoms with Crippen LogP contribution >= 0.6 is 11.8 Å². The summed E-state index contributed by atoms with van der Waals surface area (Å²) in [5.74, 6) is -1.19. The van der Waals surface area contributed by atoms with Gasteiger partial charge in [0, 0.05) is 24.0 Å². The van der Waals surface area contributed by atoms with E-state index in [0.717, 1.165) is 0 Å². The van der Waals surface area contributed by atoms with Crippen molar-refractivity contribution in [1.29, 1.82) is 0 Å². The molecule has 130 valence electrons. The third kappa shape index (κ3) is 4.77. The van der Waals surface area contributed by atoms with Crippen LogP contribution in [0.5, 0.6) is 0 Å². The molecule has 1 aromatic heterocycles. The van der Waals surface area contributed by atoms with Gasteiger partial charge >= 0.3 is 5.97 Å². The fourth-order valence-corrected chi connectivity index (χ4v) is 2.43. The molecule has 0 aliphatic carbocycles. The van der Waals surface area contributed by atoms with Gasteiger partial charge in [-0.2, -0.15) is 0 Å². The van der Waals surface area contributed by atoms with Crippen molar-refractivity contribution in [2.24, 2.45) is 0 Å². The number of nitro benzene ring substituents is 1. The van der Waals surface area contributed by atoms with Crippen LogP contribution in [0.4, 0.5) is 11.4 Å². The summed E-state index contributed by atoms with van der Waals surface area (Å²) >= 11 is 1.30. The normalized spacial score (nSPS) is 11.4. The number of pyridine rings is 1. The second kappa shape index (κ2) is 8.25. The summed E-state index contributed by atoms with van der Waals surface area (Å²) in [4.78, 5) is 38.4. The van der Waals surface area contributed by atoms with E-state index in [4.69, 9.17) is 4.74 Å². The van der Waals surface area contributed by atoms with E-state index in [1.807, 2.05) is 0 Å². The van der Waals surface area contributed by atoms with Gasteiger partial charge < -0.3 is 10.1 Å². The summed E-state index contributed by atoms with van der Waals surface area (Å²) in [7, 11) is 0. The van der Waals surface area contributed by atoms with E-state index >= 15 is 0 Å². The number of non-ortho nitro benzene ring substituents is 1. The lowest BCUT2D eigenvalue weighted by molar-refractivity contribution is -0.384. The van der Waals surface area contributed by atoms with Crippen molar-refractivity contribution >= 4 is 35.0 Å². The zero-order valence-corrected chi connectivity index (χ0v) is 14.3. The Labute approximate surface area is 147 Å². The summed E-state index contributed by atoms with van der Waals surface area (Å²) in [6.07, 6.45) is 2.30. The number of nitrogens with zero attached hydrogens (tertiary/aromatic N) is 2. The van der Waals surface area contributed by atoms with Crippen LogP contribution in [-0.4, -0.2) is 34.1 Å². The molecule has 1 heterocycles. The first-order valence-electron chi connectivity index (χ1n) is 7.17. The van der Waals surface area contributed by atoms with Crippen LogP contribution in [0, 0.1) is 10.1 Å². The van der Waals surface area contributed by atoms with Gasteiger partial charge in [0.05, 0.1) is 10.5 Å². The summed E-state index contributed by atoms with van der Waals surface area (Å²) in [5.41, 5.74) is 0.563. The van der Waals surface area contributed by atoms with Crippen molar-refractivity contribution in [1.82, 2.24) is 4.98 Å². The number of nitro groups is 1. The SMILES string of the molecule is CSc1ncccc1C(=O)O[C@H](C)C(=O)Nc1ccc([N+](=O)[O-])cc1. The topological polar surface area (TPSA) is 111 Å². The van der Waals surface area contributed by atoms with E-state index in [9.17, 15) is 19.7 Å². The van der Waals surface area contributed by atoms with E-state index in [2.05, 4.69) is 10.3 Å². The molecule has 1 aromatic carbocycles. The standard InChI is InChI=1S/C16H15N3O5S/c1-10(24-16(21)13-4-3-9-17-15(13)25-2)14(20)18-11-5-7-12(8-6-11)19(22)23/h3-10H,1-2H3,(H,18,20)/t10-/m1/s1. The zero-order valence-electron chi connectivity index (χ0n) is 13.5. The lowest BCUT2D eigenvalue weighted by Crippen LogP contribution is -2.30. The number of anilines is 1. The molecule has 0 radical (unpaired) electrons. The van der Waals surface area contributed by atoms with Gasteiger partial charge in [-0.15, -0.1) is 11.8 Å². The Morgan fingerprint density at radius 1 is 1.28 bits per heavy atom.